The molecule has 0 bridgehead atoms. The third-order valence-electron chi connectivity index (χ3n) is 2.18. The number of phenolic OH excluding ortho intramolecular Hbond substituents is 1. The lowest BCUT2D eigenvalue weighted by Crippen LogP contribution is -1.95. The zero-order valence-electron chi connectivity index (χ0n) is 9.14. The van der Waals surface area contributed by atoms with Gasteiger partial charge in [-0.1, -0.05) is 12.1 Å². The summed E-state index contributed by atoms with van der Waals surface area (Å²) in [6.45, 7) is 1.85. The Bertz CT molecular complexity index is 512. The van der Waals surface area contributed by atoms with Crippen LogP contribution in [0.1, 0.15) is 5.69 Å². The molecule has 0 atom stereocenters. The number of nitrogens with zero attached hydrogens (tertiary/aromatic N) is 2. The molecule has 0 spiro atoms. The van der Waals surface area contributed by atoms with Crippen molar-refractivity contribution < 1.29 is 9.84 Å². The fourth-order valence-corrected chi connectivity index (χ4v) is 1.43. The average Bonchev–Trinajstić information content (AvgIpc) is 2.28. The number of rotatable bonds is 2. The monoisotopic (exact) mass is 216 g/mol. The highest BCUT2D eigenvalue weighted by Gasteiger charge is 2.08. The molecule has 0 amide bonds. The van der Waals surface area contributed by atoms with Crippen molar-refractivity contribution in [2.75, 3.05) is 7.11 Å². The molecule has 1 aromatic heterocycles. The molecule has 4 heteroatoms. The van der Waals surface area contributed by atoms with Crippen LogP contribution in [0.4, 0.5) is 0 Å². The van der Waals surface area contributed by atoms with Gasteiger partial charge in [-0.3, -0.25) is 0 Å². The molecule has 0 radical (unpaired) electrons. The van der Waals surface area contributed by atoms with E-state index < -0.39 is 0 Å². The molecule has 0 saturated heterocycles. The van der Waals surface area contributed by atoms with E-state index in [9.17, 15) is 5.11 Å². The summed E-state index contributed by atoms with van der Waals surface area (Å²) in [7, 11) is 1.55. The maximum absolute atomic E-state index is 9.70. The number of aromatic nitrogens is 2. The van der Waals surface area contributed by atoms with Gasteiger partial charge >= 0.3 is 0 Å². The van der Waals surface area contributed by atoms with Crippen LogP contribution >= 0.6 is 0 Å². The highest BCUT2D eigenvalue weighted by Crippen LogP contribution is 2.26. The molecule has 2 aromatic rings. The summed E-state index contributed by atoms with van der Waals surface area (Å²) < 4.78 is 5.06. The summed E-state index contributed by atoms with van der Waals surface area (Å²) in [5.41, 5.74) is 1.40. The predicted molar refractivity (Wildman–Crippen MR) is 60.4 cm³/mol. The molecule has 2 rings (SSSR count). The summed E-state index contributed by atoms with van der Waals surface area (Å²) in [4.78, 5) is 8.45. The molecular formula is C12H12N2O2. The number of methoxy groups -OCH3 is 1. The smallest absolute Gasteiger partial charge is 0.216 e. The van der Waals surface area contributed by atoms with E-state index in [-0.39, 0.29) is 5.75 Å². The number of hydrogen-bond acceptors (Lipinski definition) is 4. The first-order chi connectivity index (χ1) is 7.70. The predicted octanol–water partition coefficient (Wildman–Crippen LogP) is 2.17. The third-order valence-corrected chi connectivity index (χ3v) is 2.18. The van der Waals surface area contributed by atoms with Crippen molar-refractivity contribution in [3.63, 3.8) is 0 Å². The quantitative estimate of drug-likeness (QED) is 0.835. The molecule has 4 nitrogen and oxygen atoms in total. The Balaban J connectivity index is 2.56. The second-order valence-electron chi connectivity index (χ2n) is 3.39. The molecule has 1 heterocycles. The van der Waals surface area contributed by atoms with Gasteiger partial charge in [0.1, 0.15) is 5.75 Å². The molecule has 0 aliphatic carbocycles. The maximum Gasteiger partial charge on any atom is 0.216 e. The Labute approximate surface area is 93.6 Å². The van der Waals surface area contributed by atoms with Crippen LogP contribution < -0.4 is 4.74 Å². The van der Waals surface area contributed by atoms with Crippen LogP contribution in [-0.2, 0) is 0 Å². The number of ether oxygens (including phenoxy) is 1. The SMILES string of the molecule is COc1cc(C)nc(-c2ccccc2O)n1. The molecule has 16 heavy (non-hydrogen) atoms. The normalized spacial score (nSPS) is 10.1. The van der Waals surface area contributed by atoms with E-state index in [4.69, 9.17) is 4.74 Å². The molecular weight excluding hydrogens is 204 g/mol. The minimum absolute atomic E-state index is 0.162. The van der Waals surface area contributed by atoms with Gasteiger partial charge in [0, 0.05) is 11.8 Å². The molecule has 1 aromatic carbocycles. The number of hydrogen-bond donors (Lipinski definition) is 1. The van der Waals surface area contributed by atoms with E-state index in [1.165, 1.54) is 0 Å². The number of aromatic hydroxyl groups is 1. The van der Waals surface area contributed by atoms with Gasteiger partial charge < -0.3 is 9.84 Å². The molecule has 0 aliphatic rings. The summed E-state index contributed by atoms with van der Waals surface area (Å²) >= 11 is 0. The number of aryl methyl sites for hydroxylation is 1. The van der Waals surface area contributed by atoms with Gasteiger partial charge in [-0.2, -0.15) is 4.98 Å². The van der Waals surface area contributed by atoms with E-state index in [1.807, 2.05) is 13.0 Å². The van der Waals surface area contributed by atoms with Crippen molar-refractivity contribution in [1.82, 2.24) is 9.97 Å². The van der Waals surface area contributed by atoms with Gasteiger partial charge in [0.15, 0.2) is 5.82 Å². The first kappa shape index (κ1) is 10.4. The van der Waals surface area contributed by atoms with Crippen molar-refractivity contribution >= 4 is 0 Å². The first-order valence-electron chi connectivity index (χ1n) is 4.89. The Morgan fingerprint density at radius 1 is 1.19 bits per heavy atom. The van der Waals surface area contributed by atoms with E-state index in [2.05, 4.69) is 9.97 Å². The molecule has 1 N–H and O–H groups in total. The van der Waals surface area contributed by atoms with Gasteiger partial charge in [-0.25, -0.2) is 4.98 Å². The van der Waals surface area contributed by atoms with Crippen molar-refractivity contribution in [3.05, 3.63) is 36.0 Å². The van der Waals surface area contributed by atoms with Crippen LogP contribution in [-0.4, -0.2) is 22.2 Å². The lowest BCUT2D eigenvalue weighted by atomic mass is 10.2. The molecule has 82 valence electrons. The molecule has 0 fully saturated rings. The summed E-state index contributed by atoms with van der Waals surface area (Å²) in [6, 6.07) is 8.69. The standard InChI is InChI=1S/C12H12N2O2/c1-8-7-11(16-2)14-12(13-8)9-5-3-4-6-10(9)15/h3-7,15H,1-2H3. The Morgan fingerprint density at radius 2 is 1.94 bits per heavy atom. The second-order valence-corrected chi connectivity index (χ2v) is 3.39. The van der Waals surface area contributed by atoms with E-state index in [0.717, 1.165) is 5.69 Å². The van der Waals surface area contributed by atoms with Crippen LogP contribution in [0.5, 0.6) is 11.6 Å². The van der Waals surface area contributed by atoms with Crippen molar-refractivity contribution in [2.45, 2.75) is 6.92 Å². The van der Waals surface area contributed by atoms with E-state index >= 15 is 0 Å². The minimum atomic E-state index is 0.162. The maximum atomic E-state index is 9.70. The van der Waals surface area contributed by atoms with Crippen molar-refractivity contribution in [3.8, 4) is 23.0 Å². The van der Waals surface area contributed by atoms with Gasteiger partial charge in [0.2, 0.25) is 5.88 Å². The zero-order valence-corrected chi connectivity index (χ0v) is 9.14. The van der Waals surface area contributed by atoms with Crippen molar-refractivity contribution in [2.24, 2.45) is 0 Å². The Kier molecular flexibility index (Phi) is 2.72. The lowest BCUT2D eigenvalue weighted by molar-refractivity contribution is 0.397. The summed E-state index contributed by atoms with van der Waals surface area (Å²) in [6.07, 6.45) is 0. The van der Waals surface area contributed by atoms with Crippen LogP contribution in [0.25, 0.3) is 11.4 Å². The highest BCUT2D eigenvalue weighted by atomic mass is 16.5. The van der Waals surface area contributed by atoms with E-state index in [1.54, 1.807) is 31.4 Å². The highest BCUT2D eigenvalue weighted by molar-refractivity contribution is 5.63. The van der Waals surface area contributed by atoms with Gasteiger partial charge in [0.05, 0.1) is 12.7 Å². The Hall–Kier alpha value is -2.10. The lowest BCUT2D eigenvalue weighted by Gasteiger charge is -2.06. The Morgan fingerprint density at radius 3 is 2.62 bits per heavy atom. The molecule has 0 aliphatic heterocycles. The van der Waals surface area contributed by atoms with Crippen LogP contribution in [0.15, 0.2) is 30.3 Å². The second kappa shape index (κ2) is 4.18. The largest absolute Gasteiger partial charge is 0.507 e. The molecule has 0 saturated carbocycles. The average molecular weight is 216 g/mol. The van der Waals surface area contributed by atoms with Gasteiger partial charge in [-0.05, 0) is 19.1 Å². The van der Waals surface area contributed by atoms with Gasteiger partial charge in [0.25, 0.3) is 0 Å². The third kappa shape index (κ3) is 1.95. The zero-order chi connectivity index (χ0) is 11.5. The first-order valence-corrected chi connectivity index (χ1v) is 4.89. The fourth-order valence-electron chi connectivity index (χ4n) is 1.43. The van der Waals surface area contributed by atoms with Crippen LogP contribution in [0, 0.1) is 6.92 Å². The topological polar surface area (TPSA) is 55.2 Å². The van der Waals surface area contributed by atoms with E-state index in [0.29, 0.717) is 17.3 Å². The van der Waals surface area contributed by atoms with Crippen LogP contribution in [0.3, 0.4) is 0 Å². The van der Waals surface area contributed by atoms with Gasteiger partial charge in [-0.15, -0.1) is 0 Å². The molecule has 0 unspecified atom stereocenters. The summed E-state index contributed by atoms with van der Waals surface area (Å²) in [5.74, 6) is 1.12. The van der Waals surface area contributed by atoms with Crippen LogP contribution in [0.2, 0.25) is 0 Å². The van der Waals surface area contributed by atoms with Crippen molar-refractivity contribution in [1.29, 1.82) is 0 Å². The minimum Gasteiger partial charge on any atom is -0.507 e. The number of phenols is 1. The summed E-state index contributed by atoms with van der Waals surface area (Å²) in [5, 5.41) is 9.70. The number of para-hydroxylation sites is 1. The fraction of sp³-hybridized carbons (Fsp3) is 0.167. The number of benzene rings is 1.